The SMILES string of the molecule is Cc1ccc(C2CC(=O)N(Cc3ccnc(N4CCOCC4)c3)C(=O)N2)cc1. The Labute approximate surface area is 164 Å². The van der Waals surface area contributed by atoms with Crippen LogP contribution in [-0.2, 0) is 16.1 Å². The average Bonchev–Trinajstić information content (AvgIpc) is 2.72. The quantitative estimate of drug-likeness (QED) is 0.882. The van der Waals surface area contributed by atoms with Crippen LogP contribution in [0.5, 0.6) is 0 Å². The van der Waals surface area contributed by atoms with Gasteiger partial charge in [-0.2, -0.15) is 0 Å². The van der Waals surface area contributed by atoms with Crippen LogP contribution in [0.15, 0.2) is 42.6 Å². The fraction of sp³-hybridized carbons (Fsp3) is 0.381. The third kappa shape index (κ3) is 3.99. The second-order valence-corrected chi connectivity index (χ2v) is 7.22. The van der Waals surface area contributed by atoms with Crippen molar-refractivity contribution >= 4 is 17.8 Å². The Morgan fingerprint density at radius 1 is 1.14 bits per heavy atom. The zero-order valence-corrected chi connectivity index (χ0v) is 15.9. The third-order valence-corrected chi connectivity index (χ3v) is 5.19. The summed E-state index contributed by atoms with van der Waals surface area (Å²) in [5.74, 6) is 0.683. The van der Waals surface area contributed by atoms with Crippen molar-refractivity contribution in [1.29, 1.82) is 0 Å². The number of rotatable bonds is 4. The molecule has 2 saturated heterocycles. The number of morpholine rings is 1. The zero-order valence-electron chi connectivity index (χ0n) is 15.9. The van der Waals surface area contributed by atoms with E-state index in [1.54, 1.807) is 6.20 Å². The molecule has 146 valence electrons. The van der Waals surface area contributed by atoms with Crippen LogP contribution in [0.3, 0.4) is 0 Å². The van der Waals surface area contributed by atoms with Gasteiger partial charge in [0, 0.05) is 19.3 Å². The van der Waals surface area contributed by atoms with Crippen molar-refractivity contribution in [2.75, 3.05) is 31.2 Å². The van der Waals surface area contributed by atoms with Gasteiger partial charge in [-0.15, -0.1) is 0 Å². The van der Waals surface area contributed by atoms with Gasteiger partial charge < -0.3 is 15.0 Å². The average molecular weight is 380 g/mol. The molecule has 0 aliphatic carbocycles. The van der Waals surface area contributed by atoms with Crippen molar-refractivity contribution in [1.82, 2.24) is 15.2 Å². The molecule has 1 unspecified atom stereocenters. The highest BCUT2D eigenvalue weighted by Gasteiger charge is 2.32. The molecule has 2 aromatic rings. The van der Waals surface area contributed by atoms with Gasteiger partial charge in [-0.25, -0.2) is 9.78 Å². The minimum Gasteiger partial charge on any atom is -0.378 e. The summed E-state index contributed by atoms with van der Waals surface area (Å²) in [6.45, 7) is 5.19. The number of amides is 3. The standard InChI is InChI=1S/C21H24N4O3/c1-15-2-4-17(5-3-15)18-13-20(26)25(21(27)23-18)14-16-6-7-22-19(12-16)24-8-10-28-11-9-24/h2-7,12,18H,8-11,13-14H2,1H3,(H,23,27). The van der Waals surface area contributed by atoms with Gasteiger partial charge >= 0.3 is 6.03 Å². The summed E-state index contributed by atoms with van der Waals surface area (Å²) in [4.78, 5) is 33.1. The Bertz CT molecular complexity index is 844. The van der Waals surface area contributed by atoms with Crippen LogP contribution in [0, 0.1) is 6.92 Å². The molecule has 2 fully saturated rings. The largest absolute Gasteiger partial charge is 0.378 e. The van der Waals surface area contributed by atoms with E-state index in [0.29, 0.717) is 13.2 Å². The number of anilines is 1. The number of pyridine rings is 1. The van der Waals surface area contributed by atoms with E-state index in [9.17, 15) is 9.59 Å². The van der Waals surface area contributed by atoms with Gasteiger partial charge in [0.05, 0.1) is 32.2 Å². The van der Waals surface area contributed by atoms with E-state index in [1.165, 1.54) is 4.90 Å². The minimum absolute atomic E-state index is 0.168. The lowest BCUT2D eigenvalue weighted by Crippen LogP contribution is -2.50. The second-order valence-electron chi connectivity index (χ2n) is 7.22. The van der Waals surface area contributed by atoms with Gasteiger partial charge in [0.2, 0.25) is 5.91 Å². The monoisotopic (exact) mass is 380 g/mol. The summed E-state index contributed by atoms with van der Waals surface area (Å²) >= 11 is 0. The summed E-state index contributed by atoms with van der Waals surface area (Å²) in [6, 6.07) is 11.0. The number of urea groups is 1. The van der Waals surface area contributed by atoms with E-state index < -0.39 is 0 Å². The van der Waals surface area contributed by atoms with Crippen molar-refractivity contribution in [3.05, 3.63) is 59.3 Å². The maximum absolute atomic E-state index is 12.7. The maximum atomic E-state index is 12.7. The highest BCUT2D eigenvalue weighted by Crippen LogP contribution is 2.24. The molecule has 4 rings (SSSR count). The number of aromatic nitrogens is 1. The van der Waals surface area contributed by atoms with Crippen LogP contribution in [0.4, 0.5) is 10.6 Å². The smallest absolute Gasteiger partial charge is 0.324 e. The predicted molar refractivity (Wildman–Crippen MR) is 105 cm³/mol. The van der Waals surface area contributed by atoms with Gasteiger partial charge in [0.1, 0.15) is 5.82 Å². The van der Waals surface area contributed by atoms with E-state index >= 15 is 0 Å². The normalized spacial score (nSPS) is 20.2. The molecule has 7 nitrogen and oxygen atoms in total. The summed E-state index contributed by atoms with van der Waals surface area (Å²) in [5, 5.41) is 2.95. The van der Waals surface area contributed by atoms with Crippen LogP contribution >= 0.6 is 0 Å². The molecule has 1 atom stereocenters. The summed E-state index contributed by atoms with van der Waals surface area (Å²) in [7, 11) is 0. The van der Waals surface area contributed by atoms with E-state index in [4.69, 9.17) is 4.74 Å². The number of nitrogens with zero attached hydrogens (tertiary/aromatic N) is 3. The minimum atomic E-state index is -0.355. The van der Waals surface area contributed by atoms with Gasteiger partial charge in [-0.3, -0.25) is 9.69 Å². The van der Waals surface area contributed by atoms with Crippen LogP contribution in [0.1, 0.15) is 29.2 Å². The molecule has 28 heavy (non-hydrogen) atoms. The molecule has 3 heterocycles. The van der Waals surface area contributed by atoms with Crippen molar-refractivity contribution in [3.8, 4) is 0 Å². The van der Waals surface area contributed by atoms with Crippen LogP contribution in [-0.4, -0.2) is 48.1 Å². The second kappa shape index (κ2) is 7.98. The van der Waals surface area contributed by atoms with E-state index in [0.717, 1.165) is 35.6 Å². The predicted octanol–water partition coefficient (Wildman–Crippen LogP) is 2.41. The number of benzene rings is 1. The number of carbonyl (C=O) groups excluding carboxylic acids is 2. The van der Waals surface area contributed by atoms with Gasteiger partial charge in [-0.1, -0.05) is 29.8 Å². The molecule has 1 aromatic heterocycles. The van der Waals surface area contributed by atoms with Gasteiger partial charge in [-0.05, 0) is 30.2 Å². The summed E-state index contributed by atoms with van der Waals surface area (Å²) in [6.07, 6.45) is 1.98. The number of carbonyl (C=O) groups is 2. The fourth-order valence-electron chi connectivity index (χ4n) is 3.54. The maximum Gasteiger partial charge on any atom is 0.324 e. The Balaban J connectivity index is 1.45. The molecule has 1 N–H and O–H groups in total. The Hall–Kier alpha value is -2.93. The van der Waals surface area contributed by atoms with Gasteiger partial charge in [0.25, 0.3) is 0 Å². The number of hydrogen-bond acceptors (Lipinski definition) is 5. The number of ether oxygens (including phenoxy) is 1. The van der Waals surface area contributed by atoms with Crippen molar-refractivity contribution in [2.24, 2.45) is 0 Å². The first kappa shape index (κ1) is 18.4. The first-order valence-corrected chi connectivity index (χ1v) is 9.55. The van der Waals surface area contributed by atoms with Crippen LogP contribution < -0.4 is 10.2 Å². The van der Waals surface area contributed by atoms with E-state index in [-0.39, 0.29) is 30.9 Å². The Morgan fingerprint density at radius 2 is 1.89 bits per heavy atom. The number of aryl methyl sites for hydroxylation is 1. The fourth-order valence-corrected chi connectivity index (χ4v) is 3.54. The van der Waals surface area contributed by atoms with Crippen molar-refractivity contribution in [3.63, 3.8) is 0 Å². The zero-order chi connectivity index (χ0) is 19.5. The molecule has 3 amide bonds. The van der Waals surface area contributed by atoms with Crippen LogP contribution in [0.2, 0.25) is 0 Å². The van der Waals surface area contributed by atoms with Gasteiger partial charge in [0.15, 0.2) is 0 Å². The molecule has 0 bridgehead atoms. The molecule has 2 aliphatic rings. The lowest BCUT2D eigenvalue weighted by atomic mass is 10.00. The first-order chi connectivity index (χ1) is 13.6. The topological polar surface area (TPSA) is 74.8 Å². The molecule has 0 spiro atoms. The van der Waals surface area contributed by atoms with Crippen molar-refractivity contribution < 1.29 is 14.3 Å². The lowest BCUT2D eigenvalue weighted by molar-refractivity contribution is -0.130. The van der Waals surface area contributed by atoms with Crippen LogP contribution in [0.25, 0.3) is 0 Å². The highest BCUT2D eigenvalue weighted by atomic mass is 16.5. The molecule has 1 aromatic carbocycles. The summed E-state index contributed by atoms with van der Waals surface area (Å²) < 4.78 is 5.38. The van der Waals surface area contributed by atoms with E-state index in [1.807, 2.05) is 43.3 Å². The summed E-state index contributed by atoms with van der Waals surface area (Å²) in [5.41, 5.74) is 2.98. The molecule has 2 aliphatic heterocycles. The third-order valence-electron chi connectivity index (χ3n) is 5.19. The first-order valence-electron chi connectivity index (χ1n) is 9.55. The Kier molecular flexibility index (Phi) is 5.25. The lowest BCUT2D eigenvalue weighted by Gasteiger charge is -2.32. The molecular weight excluding hydrogens is 356 g/mol. The molecular formula is C21H24N4O3. The molecule has 0 radical (unpaired) electrons. The number of nitrogens with one attached hydrogen (secondary N) is 1. The molecule has 0 saturated carbocycles. The highest BCUT2D eigenvalue weighted by molar-refractivity contribution is 5.97. The molecule has 7 heteroatoms. The number of imide groups is 1. The Morgan fingerprint density at radius 3 is 2.61 bits per heavy atom. The van der Waals surface area contributed by atoms with Crippen molar-refractivity contribution in [2.45, 2.75) is 25.9 Å². The number of hydrogen-bond donors (Lipinski definition) is 1. The van der Waals surface area contributed by atoms with E-state index in [2.05, 4.69) is 15.2 Å².